The van der Waals surface area contributed by atoms with Crippen molar-refractivity contribution < 1.29 is 9.90 Å². The fourth-order valence-electron chi connectivity index (χ4n) is 1.67. The second kappa shape index (κ2) is 6.04. The first-order valence-corrected chi connectivity index (χ1v) is 6.77. The summed E-state index contributed by atoms with van der Waals surface area (Å²) in [6.07, 6.45) is 0. The van der Waals surface area contributed by atoms with Gasteiger partial charge < -0.3 is 16.3 Å². The van der Waals surface area contributed by atoms with Crippen LogP contribution in [0.25, 0.3) is 10.8 Å². The fraction of sp³-hybridized carbons (Fsp3) is 0. The van der Waals surface area contributed by atoms with Crippen LogP contribution < -0.4 is 17.0 Å². The number of benzene rings is 2. The molecule has 0 atom stereocenters. The molecule has 20 heavy (non-hydrogen) atoms. The van der Waals surface area contributed by atoms with E-state index in [1.165, 1.54) is 0 Å². The van der Waals surface area contributed by atoms with Crippen LogP contribution in [0.2, 0.25) is 5.02 Å². The molecule has 0 spiro atoms. The molecule has 0 aliphatic heterocycles. The third kappa shape index (κ3) is 3.16. The summed E-state index contributed by atoms with van der Waals surface area (Å²) in [5.41, 5.74) is 7.58. The first-order chi connectivity index (χ1) is 9.51. The van der Waals surface area contributed by atoms with Crippen molar-refractivity contribution in [2.24, 2.45) is 11.6 Å². The first-order valence-electron chi connectivity index (χ1n) is 5.58. The Hall–Kier alpha value is -1.89. The molecule has 2 aromatic carbocycles. The molecular weight excluding hydrogens is 298 g/mol. The topological polar surface area (TPSA) is 101 Å². The Morgan fingerprint density at radius 3 is 2.50 bits per heavy atom. The highest BCUT2D eigenvalue weighted by Crippen LogP contribution is 2.29. The lowest BCUT2D eigenvalue weighted by atomic mass is 10.1. The lowest BCUT2D eigenvalue weighted by Gasteiger charge is -2.08. The van der Waals surface area contributed by atoms with Crippen molar-refractivity contribution in [1.29, 1.82) is 0 Å². The van der Waals surface area contributed by atoms with Gasteiger partial charge in [-0.15, -0.1) is 0 Å². The van der Waals surface area contributed by atoms with E-state index in [-0.39, 0.29) is 10.7 Å². The number of rotatable bonds is 4. The molecule has 5 nitrogen and oxygen atoms in total. The predicted octanol–water partition coefficient (Wildman–Crippen LogP) is 2.26. The van der Waals surface area contributed by atoms with Gasteiger partial charge in [-0.05, 0) is 35.0 Å². The molecule has 104 valence electrons. The molecule has 2 rings (SSSR count). The number of carboxylic acid groups (broad SMARTS) is 1. The van der Waals surface area contributed by atoms with Crippen LogP contribution in [-0.2, 0) is 4.79 Å². The molecule has 7 heteroatoms. The Labute approximate surface area is 124 Å². The number of nitrogens with one attached hydrogen (secondary N) is 1. The van der Waals surface area contributed by atoms with Crippen molar-refractivity contribution in [3.63, 3.8) is 0 Å². The van der Waals surface area contributed by atoms with Gasteiger partial charge in [0.1, 0.15) is 5.03 Å². The standard InChI is InChI=1S/C13H12ClN3O2S/c14-9-3-1-8-6-10(4-2-7(8)5-9)20-12(15)11(17-16)13(18)19/h1-6,17H,15-16H2,(H,18,19)/b12-11+. The van der Waals surface area contributed by atoms with Gasteiger partial charge in [-0.3, -0.25) is 5.84 Å². The van der Waals surface area contributed by atoms with Crippen LogP contribution in [0, 0.1) is 0 Å². The lowest BCUT2D eigenvalue weighted by molar-refractivity contribution is -0.133. The van der Waals surface area contributed by atoms with Crippen LogP contribution in [0.3, 0.4) is 0 Å². The maximum Gasteiger partial charge on any atom is 0.356 e. The van der Waals surface area contributed by atoms with Crippen molar-refractivity contribution in [3.8, 4) is 0 Å². The average molecular weight is 310 g/mol. The van der Waals surface area contributed by atoms with Crippen LogP contribution in [0.15, 0.2) is 52.0 Å². The Bertz CT molecular complexity index is 703. The van der Waals surface area contributed by atoms with Crippen molar-refractivity contribution in [2.75, 3.05) is 0 Å². The van der Waals surface area contributed by atoms with E-state index in [1.807, 2.05) is 30.3 Å². The molecule has 0 bridgehead atoms. The Balaban J connectivity index is 2.35. The Morgan fingerprint density at radius 1 is 1.20 bits per heavy atom. The van der Waals surface area contributed by atoms with E-state index in [0.29, 0.717) is 5.02 Å². The molecule has 0 amide bonds. The highest BCUT2D eigenvalue weighted by molar-refractivity contribution is 8.03. The Morgan fingerprint density at radius 2 is 1.85 bits per heavy atom. The van der Waals surface area contributed by atoms with E-state index in [0.717, 1.165) is 27.4 Å². The monoisotopic (exact) mass is 309 g/mol. The van der Waals surface area contributed by atoms with E-state index < -0.39 is 5.97 Å². The summed E-state index contributed by atoms with van der Waals surface area (Å²) in [6, 6.07) is 11.2. The fourth-order valence-corrected chi connectivity index (χ4v) is 2.68. The summed E-state index contributed by atoms with van der Waals surface area (Å²) >= 11 is 7.04. The quantitative estimate of drug-likeness (QED) is 0.299. The van der Waals surface area contributed by atoms with Crippen LogP contribution in [0.5, 0.6) is 0 Å². The number of carbonyl (C=O) groups is 1. The molecule has 6 N–H and O–H groups in total. The highest BCUT2D eigenvalue weighted by Gasteiger charge is 2.12. The molecule has 0 radical (unpaired) electrons. The summed E-state index contributed by atoms with van der Waals surface area (Å²) in [6.45, 7) is 0. The lowest BCUT2D eigenvalue weighted by Crippen LogP contribution is -2.29. The van der Waals surface area contributed by atoms with Gasteiger partial charge in [-0.2, -0.15) is 0 Å². The van der Waals surface area contributed by atoms with Crippen molar-refractivity contribution in [3.05, 3.63) is 52.1 Å². The summed E-state index contributed by atoms with van der Waals surface area (Å²) in [5, 5.41) is 11.7. The SMILES string of the molecule is NN/C(C(=O)O)=C(\N)Sc1ccc2cc(Cl)ccc2c1. The van der Waals surface area contributed by atoms with Gasteiger partial charge in [0.25, 0.3) is 0 Å². The van der Waals surface area contributed by atoms with Crippen molar-refractivity contribution in [2.45, 2.75) is 4.90 Å². The second-order valence-electron chi connectivity index (χ2n) is 3.94. The minimum absolute atomic E-state index is 0.0910. The third-order valence-corrected chi connectivity index (χ3v) is 3.75. The summed E-state index contributed by atoms with van der Waals surface area (Å²) in [7, 11) is 0. The molecule has 0 fully saturated rings. The van der Waals surface area contributed by atoms with Crippen LogP contribution in [0.1, 0.15) is 0 Å². The van der Waals surface area contributed by atoms with Gasteiger partial charge in [-0.25, -0.2) is 4.79 Å². The molecular formula is C13H12ClN3O2S. The molecule has 0 aliphatic rings. The maximum atomic E-state index is 10.9. The van der Waals surface area contributed by atoms with Crippen LogP contribution in [0.4, 0.5) is 0 Å². The number of nitrogens with two attached hydrogens (primary N) is 2. The van der Waals surface area contributed by atoms with Gasteiger partial charge in [0, 0.05) is 9.92 Å². The average Bonchev–Trinajstić information content (AvgIpc) is 2.39. The number of thioether (sulfide) groups is 1. The van der Waals surface area contributed by atoms with Crippen molar-refractivity contribution in [1.82, 2.24) is 5.43 Å². The maximum absolute atomic E-state index is 10.9. The summed E-state index contributed by atoms with van der Waals surface area (Å²) in [4.78, 5) is 11.7. The largest absolute Gasteiger partial charge is 0.476 e. The van der Waals surface area contributed by atoms with Gasteiger partial charge in [0.2, 0.25) is 0 Å². The van der Waals surface area contributed by atoms with Gasteiger partial charge in [-0.1, -0.05) is 35.5 Å². The molecule has 2 aromatic rings. The van der Waals surface area contributed by atoms with E-state index in [4.69, 9.17) is 28.3 Å². The van der Waals surface area contributed by atoms with Crippen LogP contribution in [-0.4, -0.2) is 11.1 Å². The van der Waals surface area contributed by atoms with Crippen LogP contribution >= 0.6 is 23.4 Å². The van der Waals surface area contributed by atoms with Gasteiger partial charge >= 0.3 is 5.97 Å². The summed E-state index contributed by atoms with van der Waals surface area (Å²) in [5.74, 6) is 3.94. The molecule has 0 aromatic heterocycles. The first kappa shape index (κ1) is 14.5. The number of carboxylic acids is 1. The number of fused-ring (bicyclic) bond motifs is 1. The van der Waals surface area contributed by atoms with E-state index in [2.05, 4.69) is 5.43 Å². The molecule has 0 heterocycles. The number of aliphatic carboxylic acids is 1. The van der Waals surface area contributed by atoms with E-state index in [9.17, 15) is 4.79 Å². The van der Waals surface area contributed by atoms with Crippen molar-refractivity contribution >= 4 is 40.1 Å². The molecule has 0 saturated heterocycles. The highest BCUT2D eigenvalue weighted by atomic mass is 35.5. The van der Waals surface area contributed by atoms with E-state index >= 15 is 0 Å². The smallest absolute Gasteiger partial charge is 0.356 e. The number of hydrazine groups is 1. The Kier molecular flexibility index (Phi) is 4.39. The zero-order valence-electron chi connectivity index (χ0n) is 10.3. The number of hydrogen-bond donors (Lipinski definition) is 4. The normalized spacial score (nSPS) is 12.1. The number of halogens is 1. The summed E-state index contributed by atoms with van der Waals surface area (Å²) < 4.78 is 0. The minimum Gasteiger partial charge on any atom is -0.476 e. The third-order valence-electron chi connectivity index (χ3n) is 2.61. The zero-order chi connectivity index (χ0) is 14.7. The minimum atomic E-state index is -1.20. The zero-order valence-corrected chi connectivity index (χ0v) is 11.8. The molecule has 0 aliphatic carbocycles. The van der Waals surface area contributed by atoms with Gasteiger partial charge in [0.05, 0.1) is 0 Å². The predicted molar refractivity (Wildman–Crippen MR) is 81.0 cm³/mol. The van der Waals surface area contributed by atoms with Gasteiger partial charge in [0.15, 0.2) is 5.70 Å². The number of hydrogen-bond acceptors (Lipinski definition) is 5. The second-order valence-corrected chi connectivity index (χ2v) is 5.50. The molecule has 0 unspecified atom stereocenters. The van der Waals surface area contributed by atoms with E-state index in [1.54, 1.807) is 6.07 Å². The molecule has 0 saturated carbocycles.